The Balaban J connectivity index is 2.55. The van der Waals surface area contributed by atoms with Crippen LogP contribution in [0.1, 0.15) is 44.7 Å². The van der Waals surface area contributed by atoms with Crippen molar-refractivity contribution in [2.75, 3.05) is 6.54 Å². The molecule has 0 amide bonds. The van der Waals surface area contributed by atoms with E-state index in [-0.39, 0.29) is 0 Å². The van der Waals surface area contributed by atoms with Crippen LogP contribution in [0.5, 0.6) is 0 Å². The summed E-state index contributed by atoms with van der Waals surface area (Å²) < 4.78 is 37.4. The van der Waals surface area contributed by atoms with Gasteiger partial charge in [-0.05, 0) is 49.4 Å². The number of alkyl halides is 3. The van der Waals surface area contributed by atoms with Gasteiger partial charge in [0.15, 0.2) is 0 Å². The molecule has 0 saturated carbocycles. The fraction of sp³-hybridized carbons (Fsp3) is 0.625. The minimum Gasteiger partial charge on any atom is -0.314 e. The largest absolute Gasteiger partial charge is 0.416 e. The average molecular weight is 287 g/mol. The van der Waals surface area contributed by atoms with Gasteiger partial charge < -0.3 is 5.32 Å². The van der Waals surface area contributed by atoms with Crippen molar-refractivity contribution in [2.24, 2.45) is 5.92 Å². The molecule has 1 atom stereocenters. The van der Waals surface area contributed by atoms with Crippen LogP contribution in [0.2, 0.25) is 0 Å². The molecule has 1 unspecified atom stereocenters. The van der Waals surface area contributed by atoms with Gasteiger partial charge in [-0.15, -0.1) is 0 Å². The van der Waals surface area contributed by atoms with Crippen molar-refractivity contribution in [3.8, 4) is 0 Å². The molecule has 0 aliphatic rings. The molecule has 0 heterocycles. The minimum atomic E-state index is -4.25. The summed E-state index contributed by atoms with van der Waals surface area (Å²) >= 11 is 0. The smallest absolute Gasteiger partial charge is 0.314 e. The Morgan fingerprint density at radius 1 is 1.10 bits per heavy atom. The predicted octanol–water partition coefficient (Wildman–Crippen LogP) is 4.66. The van der Waals surface area contributed by atoms with Gasteiger partial charge in [0, 0.05) is 6.04 Å². The molecule has 0 aromatic heterocycles. The standard InChI is InChI=1S/C16H24F3N/c1-4-20-15(11-12(2)3)10-7-13-5-8-14(9-6-13)16(17,18)19/h5-6,8-9,12,15,20H,4,7,10-11H2,1-3H3. The quantitative estimate of drug-likeness (QED) is 0.769. The highest BCUT2D eigenvalue weighted by molar-refractivity contribution is 5.24. The van der Waals surface area contributed by atoms with Gasteiger partial charge in [0.2, 0.25) is 0 Å². The molecule has 0 radical (unpaired) electrons. The van der Waals surface area contributed by atoms with E-state index in [0.29, 0.717) is 12.0 Å². The molecule has 1 rings (SSSR count). The van der Waals surface area contributed by atoms with Crippen LogP contribution in [0.4, 0.5) is 13.2 Å². The van der Waals surface area contributed by atoms with Gasteiger partial charge in [-0.25, -0.2) is 0 Å². The van der Waals surface area contributed by atoms with Crippen molar-refractivity contribution in [1.82, 2.24) is 5.32 Å². The van der Waals surface area contributed by atoms with E-state index in [4.69, 9.17) is 0 Å². The lowest BCUT2D eigenvalue weighted by Crippen LogP contribution is -2.30. The molecule has 0 spiro atoms. The molecule has 1 aromatic carbocycles. The zero-order valence-corrected chi connectivity index (χ0v) is 12.4. The first kappa shape index (κ1) is 17.0. The molecule has 1 aromatic rings. The number of rotatable bonds is 7. The lowest BCUT2D eigenvalue weighted by atomic mass is 9.97. The third-order valence-electron chi connectivity index (χ3n) is 3.31. The Morgan fingerprint density at radius 2 is 1.70 bits per heavy atom. The predicted molar refractivity (Wildman–Crippen MR) is 76.7 cm³/mol. The summed E-state index contributed by atoms with van der Waals surface area (Å²) in [5.74, 6) is 0.617. The van der Waals surface area contributed by atoms with Gasteiger partial charge in [-0.1, -0.05) is 32.9 Å². The number of hydrogen-bond acceptors (Lipinski definition) is 1. The summed E-state index contributed by atoms with van der Waals surface area (Å²) in [6, 6.07) is 5.94. The van der Waals surface area contributed by atoms with E-state index >= 15 is 0 Å². The summed E-state index contributed by atoms with van der Waals surface area (Å²) in [4.78, 5) is 0. The van der Waals surface area contributed by atoms with Crippen molar-refractivity contribution in [1.29, 1.82) is 0 Å². The molecule has 0 bridgehead atoms. The van der Waals surface area contributed by atoms with Crippen LogP contribution in [0.3, 0.4) is 0 Å². The van der Waals surface area contributed by atoms with Crippen molar-refractivity contribution >= 4 is 0 Å². The first-order chi connectivity index (χ1) is 9.32. The van der Waals surface area contributed by atoms with Gasteiger partial charge in [-0.3, -0.25) is 0 Å². The van der Waals surface area contributed by atoms with Crippen molar-refractivity contribution in [3.63, 3.8) is 0 Å². The molecule has 0 aliphatic heterocycles. The first-order valence-electron chi connectivity index (χ1n) is 7.22. The zero-order valence-electron chi connectivity index (χ0n) is 12.4. The van der Waals surface area contributed by atoms with Crippen LogP contribution in [0.15, 0.2) is 24.3 Å². The third-order valence-corrected chi connectivity index (χ3v) is 3.31. The monoisotopic (exact) mass is 287 g/mol. The van der Waals surface area contributed by atoms with Crippen LogP contribution in [-0.2, 0) is 12.6 Å². The molecule has 1 N–H and O–H groups in total. The molecule has 0 saturated heterocycles. The SMILES string of the molecule is CCNC(CCc1ccc(C(F)(F)F)cc1)CC(C)C. The van der Waals surface area contributed by atoms with Crippen LogP contribution in [0.25, 0.3) is 0 Å². The average Bonchev–Trinajstić information content (AvgIpc) is 2.35. The second kappa shape index (κ2) is 7.67. The normalized spacial score (nSPS) is 13.8. The Kier molecular flexibility index (Phi) is 6.53. The van der Waals surface area contributed by atoms with Crippen LogP contribution >= 0.6 is 0 Å². The fourth-order valence-corrected chi connectivity index (χ4v) is 2.36. The molecule has 4 heteroatoms. The number of nitrogens with one attached hydrogen (secondary N) is 1. The number of hydrogen-bond donors (Lipinski definition) is 1. The molecular formula is C16H24F3N. The summed E-state index contributed by atoms with van der Waals surface area (Å²) in [5.41, 5.74) is 0.385. The highest BCUT2D eigenvalue weighted by atomic mass is 19.4. The second-order valence-electron chi connectivity index (χ2n) is 5.62. The number of aryl methyl sites for hydroxylation is 1. The second-order valence-corrected chi connectivity index (χ2v) is 5.62. The molecule has 0 fully saturated rings. The van der Waals surface area contributed by atoms with Crippen molar-refractivity contribution < 1.29 is 13.2 Å². The Hall–Kier alpha value is -1.03. The zero-order chi connectivity index (χ0) is 15.2. The minimum absolute atomic E-state index is 0.433. The maximum Gasteiger partial charge on any atom is 0.416 e. The van der Waals surface area contributed by atoms with Gasteiger partial charge in [0.05, 0.1) is 5.56 Å². The maximum atomic E-state index is 12.5. The molecular weight excluding hydrogens is 263 g/mol. The number of benzene rings is 1. The van der Waals surface area contributed by atoms with E-state index < -0.39 is 11.7 Å². The first-order valence-corrected chi connectivity index (χ1v) is 7.22. The van der Waals surface area contributed by atoms with E-state index in [1.54, 1.807) is 12.1 Å². The Bertz CT molecular complexity index is 382. The van der Waals surface area contributed by atoms with Gasteiger partial charge in [-0.2, -0.15) is 13.2 Å². The highest BCUT2D eigenvalue weighted by Gasteiger charge is 2.29. The van der Waals surface area contributed by atoms with Crippen molar-refractivity contribution in [2.45, 2.75) is 52.3 Å². The highest BCUT2D eigenvalue weighted by Crippen LogP contribution is 2.29. The molecule has 0 aliphatic carbocycles. The summed E-state index contributed by atoms with van der Waals surface area (Å²) in [6.07, 6.45) is -1.39. The van der Waals surface area contributed by atoms with E-state index in [1.165, 1.54) is 12.1 Å². The fourth-order valence-electron chi connectivity index (χ4n) is 2.36. The maximum absolute atomic E-state index is 12.5. The van der Waals surface area contributed by atoms with E-state index in [9.17, 15) is 13.2 Å². The third kappa shape index (κ3) is 5.95. The molecule has 114 valence electrons. The Labute approximate surface area is 119 Å². The Morgan fingerprint density at radius 3 is 2.15 bits per heavy atom. The van der Waals surface area contributed by atoms with E-state index in [2.05, 4.69) is 26.1 Å². The lowest BCUT2D eigenvalue weighted by Gasteiger charge is -2.20. The molecule has 1 nitrogen and oxygen atoms in total. The number of halogens is 3. The van der Waals surface area contributed by atoms with Crippen LogP contribution in [-0.4, -0.2) is 12.6 Å². The summed E-state index contributed by atoms with van der Waals surface area (Å²) in [7, 11) is 0. The summed E-state index contributed by atoms with van der Waals surface area (Å²) in [5, 5.41) is 3.44. The topological polar surface area (TPSA) is 12.0 Å². The van der Waals surface area contributed by atoms with Crippen LogP contribution < -0.4 is 5.32 Å². The van der Waals surface area contributed by atoms with Gasteiger partial charge in [0.25, 0.3) is 0 Å². The van der Waals surface area contributed by atoms with E-state index in [0.717, 1.165) is 31.4 Å². The lowest BCUT2D eigenvalue weighted by molar-refractivity contribution is -0.137. The van der Waals surface area contributed by atoms with Gasteiger partial charge >= 0.3 is 6.18 Å². The van der Waals surface area contributed by atoms with Crippen molar-refractivity contribution in [3.05, 3.63) is 35.4 Å². The van der Waals surface area contributed by atoms with E-state index in [1.807, 2.05) is 0 Å². The van der Waals surface area contributed by atoms with Gasteiger partial charge in [0.1, 0.15) is 0 Å². The van der Waals surface area contributed by atoms with Crippen LogP contribution in [0, 0.1) is 5.92 Å². The summed E-state index contributed by atoms with van der Waals surface area (Å²) in [6.45, 7) is 7.36. The molecule has 20 heavy (non-hydrogen) atoms.